The van der Waals surface area contributed by atoms with Gasteiger partial charge in [0.05, 0.1) is 17.9 Å². The van der Waals surface area contributed by atoms with Crippen molar-refractivity contribution in [2.24, 2.45) is 0 Å². The van der Waals surface area contributed by atoms with Crippen molar-refractivity contribution < 1.29 is 17.9 Å². The number of halogens is 3. The topological polar surface area (TPSA) is 51.4 Å². The van der Waals surface area contributed by atoms with E-state index in [1.165, 1.54) is 17.4 Å². The van der Waals surface area contributed by atoms with Crippen LogP contribution in [0.2, 0.25) is 0 Å². The van der Waals surface area contributed by atoms with Crippen LogP contribution in [0.1, 0.15) is 37.1 Å². The number of thiazole rings is 1. The minimum absolute atomic E-state index is 0.165. The zero-order chi connectivity index (χ0) is 18.9. The Bertz CT molecular complexity index is 776. The molecule has 0 unspecified atom stereocenters. The second-order valence-electron chi connectivity index (χ2n) is 6.43. The molecule has 2 aromatic rings. The molecule has 0 bridgehead atoms. The zero-order valence-electron chi connectivity index (χ0n) is 14.8. The highest BCUT2D eigenvalue weighted by molar-refractivity contribution is 7.15. The normalized spacial score (nSPS) is 18.4. The van der Waals surface area contributed by atoms with Gasteiger partial charge < -0.3 is 10.5 Å². The van der Waals surface area contributed by atoms with Crippen molar-refractivity contribution in [1.82, 2.24) is 9.88 Å². The van der Waals surface area contributed by atoms with Gasteiger partial charge in [-0.05, 0) is 51.4 Å². The standard InChI is InChI=1S/C18H22F3N3OS/c1-3-25-14-7-6-12(9-13(14)18(19,20)21)16-15(26-17(22)23-16)10-24-8-4-5-11(24)2/h6-7,9,11H,3-5,8,10H2,1-2H3,(H2,22,23)/t11-/m1/s1. The molecule has 1 aromatic heterocycles. The summed E-state index contributed by atoms with van der Waals surface area (Å²) in [7, 11) is 0. The Morgan fingerprint density at radius 3 is 2.77 bits per heavy atom. The van der Waals surface area contributed by atoms with E-state index >= 15 is 0 Å². The molecule has 0 aliphatic carbocycles. The molecule has 1 fully saturated rings. The zero-order valence-corrected chi connectivity index (χ0v) is 15.6. The number of anilines is 1. The fourth-order valence-corrected chi connectivity index (χ4v) is 4.17. The van der Waals surface area contributed by atoms with Gasteiger partial charge in [0.2, 0.25) is 0 Å². The second kappa shape index (κ2) is 7.44. The van der Waals surface area contributed by atoms with E-state index in [-0.39, 0.29) is 12.4 Å². The molecule has 1 aliphatic heterocycles. The smallest absolute Gasteiger partial charge is 0.419 e. The summed E-state index contributed by atoms with van der Waals surface area (Å²) in [6.07, 6.45) is -2.23. The Hall–Kier alpha value is -1.80. The molecule has 1 aromatic carbocycles. The molecule has 1 saturated heterocycles. The van der Waals surface area contributed by atoms with Gasteiger partial charge in [0.1, 0.15) is 5.75 Å². The Kier molecular flexibility index (Phi) is 5.43. The predicted molar refractivity (Wildman–Crippen MR) is 97.2 cm³/mol. The van der Waals surface area contributed by atoms with Crippen LogP contribution in [0, 0.1) is 0 Å². The Balaban J connectivity index is 1.98. The van der Waals surface area contributed by atoms with Crippen LogP contribution in [-0.2, 0) is 12.7 Å². The van der Waals surface area contributed by atoms with Crippen molar-refractivity contribution in [1.29, 1.82) is 0 Å². The highest BCUT2D eigenvalue weighted by Crippen LogP contribution is 2.40. The average molecular weight is 385 g/mol. The van der Waals surface area contributed by atoms with E-state index in [0.29, 0.717) is 29.0 Å². The van der Waals surface area contributed by atoms with Crippen LogP contribution in [-0.4, -0.2) is 29.1 Å². The molecule has 3 rings (SSSR count). The number of benzene rings is 1. The molecule has 8 heteroatoms. The van der Waals surface area contributed by atoms with E-state index < -0.39 is 11.7 Å². The monoisotopic (exact) mass is 385 g/mol. The summed E-state index contributed by atoms with van der Waals surface area (Å²) in [6, 6.07) is 4.54. The minimum Gasteiger partial charge on any atom is -0.493 e. The number of alkyl halides is 3. The molecule has 0 saturated carbocycles. The van der Waals surface area contributed by atoms with Crippen LogP contribution in [0.25, 0.3) is 11.3 Å². The first-order valence-electron chi connectivity index (χ1n) is 8.63. The number of likely N-dealkylation sites (tertiary alicyclic amines) is 1. The summed E-state index contributed by atoms with van der Waals surface area (Å²) >= 11 is 1.34. The van der Waals surface area contributed by atoms with E-state index in [4.69, 9.17) is 10.5 Å². The van der Waals surface area contributed by atoms with E-state index in [2.05, 4.69) is 16.8 Å². The maximum absolute atomic E-state index is 13.4. The maximum atomic E-state index is 13.4. The summed E-state index contributed by atoms with van der Waals surface area (Å²) in [5, 5.41) is 0.365. The number of ether oxygens (including phenoxy) is 1. The molecule has 2 N–H and O–H groups in total. The minimum atomic E-state index is -4.49. The summed E-state index contributed by atoms with van der Waals surface area (Å²) in [5.41, 5.74) is 6.02. The first-order chi connectivity index (χ1) is 12.3. The molecule has 142 valence electrons. The van der Waals surface area contributed by atoms with E-state index in [9.17, 15) is 13.2 Å². The lowest BCUT2D eigenvalue weighted by Crippen LogP contribution is -2.25. The second-order valence-corrected chi connectivity index (χ2v) is 7.54. The van der Waals surface area contributed by atoms with Crippen LogP contribution in [0.5, 0.6) is 5.75 Å². The molecular formula is C18H22F3N3OS. The number of nitrogen functional groups attached to an aromatic ring is 1. The van der Waals surface area contributed by atoms with Gasteiger partial charge in [0, 0.05) is 23.0 Å². The molecule has 0 spiro atoms. The van der Waals surface area contributed by atoms with Crippen LogP contribution < -0.4 is 10.5 Å². The van der Waals surface area contributed by atoms with Crippen molar-refractivity contribution in [2.45, 2.75) is 45.5 Å². The lowest BCUT2D eigenvalue weighted by Gasteiger charge is -2.20. The lowest BCUT2D eigenvalue weighted by atomic mass is 10.1. The lowest BCUT2D eigenvalue weighted by molar-refractivity contribution is -0.138. The van der Waals surface area contributed by atoms with Crippen molar-refractivity contribution in [3.63, 3.8) is 0 Å². The highest BCUT2D eigenvalue weighted by Gasteiger charge is 2.35. The Morgan fingerprint density at radius 2 is 2.15 bits per heavy atom. The van der Waals surface area contributed by atoms with E-state index in [1.54, 1.807) is 13.0 Å². The van der Waals surface area contributed by atoms with Gasteiger partial charge in [0.15, 0.2) is 5.13 Å². The number of aromatic nitrogens is 1. The Labute approximate surface area is 154 Å². The SMILES string of the molecule is CCOc1ccc(-c2nc(N)sc2CN2CCC[C@H]2C)cc1C(F)(F)F. The van der Waals surface area contributed by atoms with Crippen molar-refractivity contribution in [2.75, 3.05) is 18.9 Å². The summed E-state index contributed by atoms with van der Waals surface area (Å²) in [5.74, 6) is -0.165. The van der Waals surface area contributed by atoms with Crippen LogP contribution in [0.15, 0.2) is 18.2 Å². The third-order valence-corrected chi connectivity index (χ3v) is 5.48. The number of nitrogens with zero attached hydrogens (tertiary/aromatic N) is 2. The average Bonchev–Trinajstić information content (AvgIpc) is 3.13. The molecule has 4 nitrogen and oxygen atoms in total. The van der Waals surface area contributed by atoms with Crippen molar-refractivity contribution in [3.8, 4) is 17.0 Å². The third-order valence-electron chi connectivity index (χ3n) is 4.61. The van der Waals surface area contributed by atoms with E-state index in [0.717, 1.165) is 30.3 Å². The fraction of sp³-hybridized carbons (Fsp3) is 0.500. The van der Waals surface area contributed by atoms with Crippen LogP contribution in [0.4, 0.5) is 18.3 Å². The number of hydrogen-bond donors (Lipinski definition) is 1. The molecule has 1 aliphatic rings. The van der Waals surface area contributed by atoms with Gasteiger partial charge >= 0.3 is 6.18 Å². The first-order valence-corrected chi connectivity index (χ1v) is 9.45. The first kappa shape index (κ1) is 19.0. The number of hydrogen-bond acceptors (Lipinski definition) is 5. The highest BCUT2D eigenvalue weighted by atomic mass is 32.1. The van der Waals surface area contributed by atoms with Crippen LogP contribution >= 0.6 is 11.3 Å². The molecular weight excluding hydrogens is 363 g/mol. The van der Waals surface area contributed by atoms with Gasteiger partial charge in [-0.1, -0.05) is 0 Å². The van der Waals surface area contributed by atoms with Gasteiger partial charge in [-0.3, -0.25) is 4.90 Å². The number of rotatable bonds is 5. The van der Waals surface area contributed by atoms with Gasteiger partial charge in [0.25, 0.3) is 0 Å². The molecule has 0 radical (unpaired) electrons. The summed E-state index contributed by atoms with van der Waals surface area (Å²) in [6.45, 7) is 5.62. The predicted octanol–water partition coefficient (Wildman–Crippen LogP) is 4.79. The van der Waals surface area contributed by atoms with Crippen molar-refractivity contribution in [3.05, 3.63) is 28.6 Å². The van der Waals surface area contributed by atoms with Gasteiger partial charge in [-0.25, -0.2) is 4.98 Å². The van der Waals surface area contributed by atoms with Gasteiger partial charge in [-0.2, -0.15) is 13.2 Å². The molecule has 0 amide bonds. The van der Waals surface area contributed by atoms with Gasteiger partial charge in [-0.15, -0.1) is 11.3 Å². The number of nitrogens with two attached hydrogens (primary N) is 1. The van der Waals surface area contributed by atoms with Crippen LogP contribution in [0.3, 0.4) is 0 Å². The molecule has 2 heterocycles. The summed E-state index contributed by atoms with van der Waals surface area (Å²) < 4.78 is 45.4. The third kappa shape index (κ3) is 3.96. The Morgan fingerprint density at radius 1 is 1.38 bits per heavy atom. The summed E-state index contributed by atoms with van der Waals surface area (Å²) in [4.78, 5) is 7.52. The van der Waals surface area contributed by atoms with Crippen molar-refractivity contribution >= 4 is 16.5 Å². The quantitative estimate of drug-likeness (QED) is 0.804. The van der Waals surface area contributed by atoms with E-state index in [1.807, 2.05) is 0 Å². The largest absolute Gasteiger partial charge is 0.493 e. The molecule has 1 atom stereocenters. The fourth-order valence-electron chi connectivity index (χ4n) is 3.29. The molecule has 26 heavy (non-hydrogen) atoms. The maximum Gasteiger partial charge on any atom is 0.419 e.